The maximum atomic E-state index is 13.4. The molecule has 5 rings (SSSR count). The zero-order chi connectivity index (χ0) is 27.9. The van der Waals surface area contributed by atoms with Crippen molar-refractivity contribution < 1.29 is 37.0 Å². The molecule has 5 heterocycles. The summed E-state index contributed by atoms with van der Waals surface area (Å²) in [4.78, 5) is 41.9. The number of aromatic nitrogens is 3. The van der Waals surface area contributed by atoms with Crippen LogP contribution in [0.2, 0.25) is 0 Å². The molecule has 2 aromatic heterocycles. The van der Waals surface area contributed by atoms with Crippen molar-refractivity contribution >= 4 is 29.4 Å². The third-order valence-corrected chi connectivity index (χ3v) is 6.58. The summed E-state index contributed by atoms with van der Waals surface area (Å²) in [6.45, 7) is 6.21. The van der Waals surface area contributed by atoms with Crippen molar-refractivity contribution in [2.24, 2.45) is 0 Å². The number of rotatable bonds is 6. The van der Waals surface area contributed by atoms with E-state index in [2.05, 4.69) is 20.3 Å². The Kier molecular flexibility index (Phi) is 6.97. The first-order valence-corrected chi connectivity index (χ1v) is 12.4. The highest BCUT2D eigenvalue weighted by Crippen LogP contribution is 2.39. The number of halogens is 3. The van der Waals surface area contributed by atoms with Crippen LogP contribution in [0.4, 0.5) is 35.4 Å². The minimum atomic E-state index is -4.60. The summed E-state index contributed by atoms with van der Waals surface area (Å²) >= 11 is 0. The monoisotopic (exact) mass is 551 g/mol. The van der Waals surface area contributed by atoms with Crippen LogP contribution in [-0.4, -0.2) is 83.3 Å². The highest BCUT2D eigenvalue weighted by Gasteiger charge is 2.42. The van der Waals surface area contributed by atoms with Crippen LogP contribution >= 0.6 is 0 Å². The number of ether oxygens (including phenoxy) is 3. The molecule has 3 aliphatic rings. The van der Waals surface area contributed by atoms with E-state index in [-0.39, 0.29) is 42.1 Å². The molecule has 0 aromatic carbocycles. The lowest BCUT2D eigenvalue weighted by atomic mass is 10.1. The highest BCUT2D eigenvalue weighted by atomic mass is 19.4. The fourth-order valence-electron chi connectivity index (χ4n) is 4.61. The number of pyridine rings is 1. The van der Waals surface area contributed by atoms with Gasteiger partial charge in [-0.05, 0) is 39.3 Å². The number of urea groups is 1. The number of carbonyl (C=O) groups is 2. The molecule has 15 heteroatoms. The maximum Gasteiger partial charge on any atom is 0.408 e. The van der Waals surface area contributed by atoms with E-state index in [4.69, 9.17) is 14.2 Å². The third kappa shape index (κ3) is 5.83. The lowest BCUT2D eigenvalue weighted by Crippen LogP contribution is -2.49. The first kappa shape index (κ1) is 26.9. The van der Waals surface area contributed by atoms with Gasteiger partial charge in [0, 0.05) is 25.4 Å². The zero-order valence-electron chi connectivity index (χ0n) is 21.5. The number of anilines is 3. The molecular formula is C24H28F3N7O5. The molecule has 210 valence electrons. The Bertz CT molecular complexity index is 1260. The molecule has 0 radical (unpaired) electrons. The van der Waals surface area contributed by atoms with Crippen LogP contribution in [0.1, 0.15) is 37.7 Å². The topological polar surface area (TPSA) is 131 Å². The second-order valence-corrected chi connectivity index (χ2v) is 9.94. The van der Waals surface area contributed by atoms with Gasteiger partial charge >= 0.3 is 12.2 Å². The summed E-state index contributed by atoms with van der Waals surface area (Å²) in [6, 6.07) is 1.54. The smallest absolute Gasteiger partial charge is 0.408 e. The average Bonchev–Trinajstić information content (AvgIpc) is 3.45. The van der Waals surface area contributed by atoms with Gasteiger partial charge in [0.05, 0.1) is 18.3 Å². The van der Waals surface area contributed by atoms with Crippen molar-refractivity contribution in [1.29, 1.82) is 0 Å². The van der Waals surface area contributed by atoms with Gasteiger partial charge < -0.3 is 24.4 Å². The molecule has 12 nitrogen and oxygen atoms in total. The van der Waals surface area contributed by atoms with E-state index in [0.717, 1.165) is 6.92 Å². The number of nitrogens with one attached hydrogen (secondary N) is 2. The molecule has 39 heavy (non-hydrogen) atoms. The lowest BCUT2D eigenvalue weighted by Gasteiger charge is -2.35. The van der Waals surface area contributed by atoms with Crippen LogP contribution in [0, 0.1) is 0 Å². The second-order valence-electron chi connectivity index (χ2n) is 9.94. The number of carbonyl (C=O) groups excluding carboxylic acids is 2. The maximum absolute atomic E-state index is 13.4. The van der Waals surface area contributed by atoms with E-state index < -0.39 is 29.9 Å². The first-order chi connectivity index (χ1) is 18.4. The van der Waals surface area contributed by atoms with E-state index in [0.29, 0.717) is 31.8 Å². The standard InChI is InChI=1S/C24H28F3N7O5/c1-13(24(25,26)27)29-20(35)16-4-5-17-19(30-16)34(14-7-9-33(17)10-14)22(36)32-21-28-8-6-18(31-21)37-11-15-12-38-23(2,3)39-15/h4-6,8,13-15H,7,9-12H2,1-3H3,(H,29,35)(H,28,31,32,36)/t13-,14+,15+/m1/s1. The number of amides is 3. The molecule has 3 atom stereocenters. The summed E-state index contributed by atoms with van der Waals surface area (Å²) in [5.41, 5.74) is 0.358. The molecule has 0 aliphatic carbocycles. The van der Waals surface area contributed by atoms with Crippen LogP contribution < -0.4 is 25.2 Å². The van der Waals surface area contributed by atoms with Gasteiger partial charge in [-0.2, -0.15) is 18.2 Å². The summed E-state index contributed by atoms with van der Waals surface area (Å²) < 4.78 is 55.7. The Hall–Kier alpha value is -3.72. The van der Waals surface area contributed by atoms with Gasteiger partial charge in [0.25, 0.3) is 5.91 Å². The molecule has 2 fully saturated rings. The van der Waals surface area contributed by atoms with Crippen molar-refractivity contribution in [2.75, 3.05) is 41.4 Å². The Morgan fingerprint density at radius 3 is 2.77 bits per heavy atom. The van der Waals surface area contributed by atoms with Crippen LogP contribution in [0.25, 0.3) is 0 Å². The molecule has 0 unspecified atom stereocenters. The Morgan fingerprint density at radius 1 is 1.26 bits per heavy atom. The Morgan fingerprint density at radius 2 is 2.05 bits per heavy atom. The van der Waals surface area contributed by atoms with Gasteiger partial charge in [0.2, 0.25) is 11.8 Å². The van der Waals surface area contributed by atoms with Crippen molar-refractivity contribution in [3.05, 3.63) is 30.1 Å². The van der Waals surface area contributed by atoms with Gasteiger partial charge in [-0.25, -0.2) is 14.8 Å². The Labute approximate surface area is 221 Å². The lowest BCUT2D eigenvalue weighted by molar-refractivity contribution is -0.149. The van der Waals surface area contributed by atoms with E-state index in [1.54, 1.807) is 19.9 Å². The number of hydrogen-bond donors (Lipinski definition) is 2. The molecule has 2 aromatic rings. The molecule has 0 saturated carbocycles. The second kappa shape index (κ2) is 10.1. The third-order valence-electron chi connectivity index (χ3n) is 6.58. The summed E-state index contributed by atoms with van der Waals surface area (Å²) in [5, 5.41) is 4.54. The number of nitrogens with zero attached hydrogens (tertiary/aromatic N) is 5. The normalized spacial score (nSPS) is 22.3. The quantitative estimate of drug-likeness (QED) is 0.556. The predicted molar refractivity (Wildman–Crippen MR) is 132 cm³/mol. The highest BCUT2D eigenvalue weighted by molar-refractivity contribution is 6.04. The number of alkyl halides is 3. The van der Waals surface area contributed by atoms with Crippen LogP contribution in [0.5, 0.6) is 5.88 Å². The Balaban J connectivity index is 1.31. The summed E-state index contributed by atoms with van der Waals surface area (Å²) in [6.07, 6.45) is -2.81. The first-order valence-electron chi connectivity index (χ1n) is 12.4. The van der Waals surface area contributed by atoms with Gasteiger partial charge in [-0.1, -0.05) is 0 Å². The van der Waals surface area contributed by atoms with Gasteiger partial charge in [0.1, 0.15) is 24.4 Å². The van der Waals surface area contributed by atoms with E-state index >= 15 is 0 Å². The molecular weight excluding hydrogens is 523 g/mol. The average molecular weight is 552 g/mol. The zero-order valence-corrected chi connectivity index (χ0v) is 21.5. The van der Waals surface area contributed by atoms with Crippen LogP contribution in [0.3, 0.4) is 0 Å². The number of hydrogen-bond acceptors (Lipinski definition) is 9. The largest absolute Gasteiger partial charge is 0.475 e. The minimum Gasteiger partial charge on any atom is -0.475 e. The molecule has 3 amide bonds. The molecule has 3 aliphatic heterocycles. The van der Waals surface area contributed by atoms with E-state index in [9.17, 15) is 22.8 Å². The van der Waals surface area contributed by atoms with Gasteiger partial charge in [-0.15, -0.1) is 0 Å². The van der Waals surface area contributed by atoms with Crippen molar-refractivity contribution in [2.45, 2.75) is 57.3 Å². The molecule has 2 N–H and O–H groups in total. The predicted octanol–water partition coefficient (Wildman–Crippen LogP) is 2.71. The van der Waals surface area contributed by atoms with Crippen molar-refractivity contribution in [3.8, 4) is 5.88 Å². The molecule has 2 bridgehead atoms. The number of fused-ring (bicyclic) bond motifs is 4. The van der Waals surface area contributed by atoms with Gasteiger partial charge in [0.15, 0.2) is 11.6 Å². The molecule has 0 spiro atoms. The van der Waals surface area contributed by atoms with Crippen molar-refractivity contribution in [3.63, 3.8) is 0 Å². The fraction of sp³-hybridized carbons (Fsp3) is 0.542. The minimum absolute atomic E-state index is 0.0173. The van der Waals surface area contributed by atoms with Crippen LogP contribution in [-0.2, 0) is 9.47 Å². The SMILES string of the molecule is C[C@@H](NC(=O)c1ccc2c(n1)N(C(=O)Nc1nccc(OC[C@H]3COC(C)(C)O3)n1)[C@H]1CCN2C1)C(F)(F)F. The fourth-order valence-corrected chi connectivity index (χ4v) is 4.61. The molecule has 2 saturated heterocycles. The summed E-state index contributed by atoms with van der Waals surface area (Å²) in [7, 11) is 0. The van der Waals surface area contributed by atoms with E-state index in [1.807, 2.05) is 10.2 Å². The van der Waals surface area contributed by atoms with Gasteiger partial charge in [-0.3, -0.25) is 15.0 Å². The van der Waals surface area contributed by atoms with Crippen LogP contribution in [0.15, 0.2) is 24.4 Å². The summed E-state index contributed by atoms with van der Waals surface area (Å²) in [5.74, 6) is -1.32. The van der Waals surface area contributed by atoms with Crippen molar-refractivity contribution in [1.82, 2.24) is 20.3 Å². The van der Waals surface area contributed by atoms with E-state index in [1.165, 1.54) is 23.2 Å².